The van der Waals surface area contributed by atoms with E-state index in [4.69, 9.17) is 0 Å². The van der Waals surface area contributed by atoms with Crippen molar-refractivity contribution in [3.63, 3.8) is 0 Å². The summed E-state index contributed by atoms with van der Waals surface area (Å²) in [6, 6.07) is 7.25. The average molecular weight is 442 g/mol. The summed E-state index contributed by atoms with van der Waals surface area (Å²) in [6.07, 6.45) is -3.19. The van der Waals surface area contributed by atoms with Crippen LogP contribution < -0.4 is 16.0 Å². The Labute approximate surface area is 178 Å². The van der Waals surface area contributed by atoms with Crippen molar-refractivity contribution in [2.75, 3.05) is 19.6 Å². The first-order chi connectivity index (χ1) is 14.3. The second-order valence-electron chi connectivity index (χ2n) is 6.45. The first-order valence-electron chi connectivity index (χ1n) is 9.74. The predicted molar refractivity (Wildman–Crippen MR) is 113 cm³/mol. The van der Waals surface area contributed by atoms with Gasteiger partial charge in [0.05, 0.1) is 11.6 Å². The van der Waals surface area contributed by atoms with Gasteiger partial charge in [0, 0.05) is 37.0 Å². The molecule has 0 aliphatic carbocycles. The maximum atomic E-state index is 12.6. The molecule has 1 heterocycles. The largest absolute Gasteiger partial charge is 0.434 e. The van der Waals surface area contributed by atoms with E-state index in [1.54, 1.807) is 12.1 Å². The van der Waals surface area contributed by atoms with Crippen LogP contribution in [0.4, 0.5) is 13.2 Å². The fourth-order valence-electron chi connectivity index (χ4n) is 2.51. The predicted octanol–water partition coefficient (Wildman–Crippen LogP) is 3.60. The SMILES string of the molecule is CCCNC(=O)c1cccc(CN=C(NCC)NCCc2nc(C(F)(F)F)cs2)c1. The summed E-state index contributed by atoms with van der Waals surface area (Å²) in [5.41, 5.74) is 0.607. The molecule has 1 aromatic heterocycles. The number of thiazole rings is 1. The van der Waals surface area contributed by atoms with Crippen LogP contribution in [0.3, 0.4) is 0 Å². The molecule has 30 heavy (non-hydrogen) atoms. The van der Waals surface area contributed by atoms with E-state index in [1.807, 2.05) is 26.0 Å². The van der Waals surface area contributed by atoms with Gasteiger partial charge in [0.2, 0.25) is 0 Å². The number of nitrogens with one attached hydrogen (secondary N) is 3. The topological polar surface area (TPSA) is 78.4 Å². The fourth-order valence-corrected chi connectivity index (χ4v) is 3.31. The second kappa shape index (κ2) is 11.5. The van der Waals surface area contributed by atoms with Crippen molar-refractivity contribution >= 4 is 23.2 Å². The lowest BCUT2D eigenvalue weighted by Crippen LogP contribution is -2.38. The quantitative estimate of drug-likeness (QED) is 0.410. The Hall–Kier alpha value is -2.62. The van der Waals surface area contributed by atoms with Gasteiger partial charge < -0.3 is 16.0 Å². The van der Waals surface area contributed by atoms with Gasteiger partial charge in [-0.15, -0.1) is 11.3 Å². The van der Waals surface area contributed by atoms with E-state index in [1.165, 1.54) is 0 Å². The van der Waals surface area contributed by atoms with Crippen LogP contribution in [-0.2, 0) is 19.1 Å². The summed E-state index contributed by atoms with van der Waals surface area (Å²) in [7, 11) is 0. The Morgan fingerprint density at radius 3 is 2.63 bits per heavy atom. The van der Waals surface area contributed by atoms with E-state index in [0.29, 0.717) is 49.1 Å². The summed E-state index contributed by atoms with van der Waals surface area (Å²) in [4.78, 5) is 20.2. The molecule has 0 unspecified atom stereocenters. The number of alkyl halides is 3. The molecular formula is C20H26F3N5OS. The molecule has 1 amide bonds. The molecule has 0 atom stereocenters. The van der Waals surface area contributed by atoms with E-state index >= 15 is 0 Å². The van der Waals surface area contributed by atoms with Gasteiger partial charge in [-0.3, -0.25) is 4.79 Å². The van der Waals surface area contributed by atoms with Gasteiger partial charge in [-0.25, -0.2) is 9.98 Å². The van der Waals surface area contributed by atoms with Crippen molar-refractivity contribution in [3.05, 3.63) is 51.5 Å². The Bertz CT molecular complexity index is 851. The summed E-state index contributed by atoms with van der Waals surface area (Å²) >= 11 is 0.992. The van der Waals surface area contributed by atoms with Crippen LogP contribution in [0, 0.1) is 0 Å². The summed E-state index contributed by atoms with van der Waals surface area (Å²) in [5.74, 6) is 0.431. The van der Waals surface area contributed by atoms with Crippen molar-refractivity contribution in [1.82, 2.24) is 20.9 Å². The van der Waals surface area contributed by atoms with Crippen LogP contribution in [0.1, 0.15) is 46.9 Å². The van der Waals surface area contributed by atoms with Crippen molar-refractivity contribution in [2.45, 2.75) is 39.4 Å². The summed E-state index contributed by atoms with van der Waals surface area (Å²) in [6.45, 7) is 5.94. The lowest BCUT2D eigenvalue weighted by Gasteiger charge is -2.11. The molecule has 0 saturated heterocycles. The molecule has 0 fully saturated rings. The number of benzene rings is 1. The Kier molecular flexibility index (Phi) is 9.10. The number of amides is 1. The number of halogens is 3. The van der Waals surface area contributed by atoms with Gasteiger partial charge >= 0.3 is 6.18 Å². The molecule has 2 rings (SSSR count). The van der Waals surface area contributed by atoms with Crippen LogP contribution in [0.25, 0.3) is 0 Å². The van der Waals surface area contributed by atoms with Gasteiger partial charge in [0.25, 0.3) is 5.91 Å². The number of carbonyl (C=O) groups excluding carboxylic acids is 1. The van der Waals surface area contributed by atoms with Crippen LogP contribution in [0.5, 0.6) is 0 Å². The smallest absolute Gasteiger partial charge is 0.357 e. The first kappa shape index (κ1) is 23.7. The first-order valence-corrected chi connectivity index (χ1v) is 10.6. The minimum atomic E-state index is -4.42. The number of hydrogen-bond donors (Lipinski definition) is 3. The van der Waals surface area contributed by atoms with Crippen molar-refractivity contribution in [3.8, 4) is 0 Å². The maximum absolute atomic E-state index is 12.6. The Morgan fingerprint density at radius 1 is 1.17 bits per heavy atom. The average Bonchev–Trinajstić information content (AvgIpc) is 3.20. The van der Waals surface area contributed by atoms with E-state index in [2.05, 4.69) is 25.9 Å². The zero-order chi connectivity index (χ0) is 22.0. The minimum Gasteiger partial charge on any atom is -0.357 e. The highest BCUT2D eigenvalue weighted by molar-refractivity contribution is 7.09. The molecule has 0 saturated carbocycles. The third kappa shape index (κ3) is 7.66. The van der Waals surface area contributed by atoms with Crippen molar-refractivity contribution < 1.29 is 18.0 Å². The molecule has 0 bridgehead atoms. The van der Waals surface area contributed by atoms with Crippen LogP contribution >= 0.6 is 11.3 Å². The van der Waals surface area contributed by atoms with Gasteiger partial charge in [-0.05, 0) is 31.0 Å². The molecule has 164 valence electrons. The number of rotatable bonds is 9. The number of guanidine groups is 1. The molecule has 0 aliphatic heterocycles. The lowest BCUT2D eigenvalue weighted by molar-refractivity contribution is -0.140. The van der Waals surface area contributed by atoms with Crippen molar-refractivity contribution in [2.24, 2.45) is 4.99 Å². The van der Waals surface area contributed by atoms with Crippen LogP contribution in [0.15, 0.2) is 34.6 Å². The monoisotopic (exact) mass is 441 g/mol. The molecule has 10 heteroatoms. The maximum Gasteiger partial charge on any atom is 0.434 e. The molecule has 2 aromatic rings. The highest BCUT2D eigenvalue weighted by Crippen LogP contribution is 2.29. The number of aromatic nitrogens is 1. The summed E-state index contributed by atoms with van der Waals surface area (Å²) in [5, 5.41) is 10.5. The van der Waals surface area contributed by atoms with E-state index < -0.39 is 11.9 Å². The molecule has 0 radical (unpaired) electrons. The van der Waals surface area contributed by atoms with Gasteiger partial charge in [-0.2, -0.15) is 13.2 Å². The van der Waals surface area contributed by atoms with Crippen LogP contribution in [0.2, 0.25) is 0 Å². The second-order valence-corrected chi connectivity index (χ2v) is 7.40. The van der Waals surface area contributed by atoms with Crippen LogP contribution in [-0.4, -0.2) is 36.5 Å². The zero-order valence-corrected chi connectivity index (χ0v) is 17.8. The van der Waals surface area contributed by atoms with Gasteiger partial charge in [0.1, 0.15) is 0 Å². The number of nitrogens with zero attached hydrogens (tertiary/aromatic N) is 2. The van der Waals surface area contributed by atoms with E-state index in [9.17, 15) is 18.0 Å². The zero-order valence-electron chi connectivity index (χ0n) is 17.0. The Morgan fingerprint density at radius 2 is 1.97 bits per heavy atom. The molecular weight excluding hydrogens is 415 g/mol. The summed E-state index contributed by atoms with van der Waals surface area (Å²) < 4.78 is 37.9. The molecule has 6 nitrogen and oxygen atoms in total. The molecule has 3 N–H and O–H groups in total. The van der Waals surface area contributed by atoms with E-state index in [-0.39, 0.29) is 5.91 Å². The Balaban J connectivity index is 1.92. The molecule has 1 aromatic carbocycles. The number of carbonyl (C=O) groups is 1. The number of aliphatic imine (C=N–C) groups is 1. The molecule has 0 spiro atoms. The highest BCUT2D eigenvalue weighted by atomic mass is 32.1. The van der Waals surface area contributed by atoms with E-state index in [0.717, 1.165) is 28.7 Å². The van der Waals surface area contributed by atoms with Gasteiger partial charge in [-0.1, -0.05) is 19.1 Å². The minimum absolute atomic E-state index is 0.116. The fraction of sp³-hybridized carbons (Fsp3) is 0.450. The third-order valence-corrected chi connectivity index (χ3v) is 4.87. The highest BCUT2D eigenvalue weighted by Gasteiger charge is 2.33. The standard InChI is InChI=1S/C20H26F3N5OS/c1-3-9-25-18(29)15-7-5-6-14(11-15)12-27-19(24-4-2)26-10-8-17-28-16(13-30-17)20(21,22)23/h5-7,11,13H,3-4,8-10,12H2,1-2H3,(H,25,29)(H2,24,26,27). The normalized spacial score (nSPS) is 12.0. The van der Waals surface area contributed by atoms with Crippen molar-refractivity contribution in [1.29, 1.82) is 0 Å². The number of hydrogen-bond acceptors (Lipinski definition) is 4. The molecule has 0 aliphatic rings. The lowest BCUT2D eigenvalue weighted by atomic mass is 10.1. The van der Waals surface area contributed by atoms with Gasteiger partial charge in [0.15, 0.2) is 11.7 Å². The third-order valence-electron chi connectivity index (χ3n) is 3.96.